The Balaban J connectivity index is 1.50. The second kappa shape index (κ2) is 11.0. The van der Waals surface area contributed by atoms with E-state index in [1.54, 1.807) is 30.3 Å². The number of nitrogens with one attached hydrogen (secondary N) is 1. The molecule has 0 fully saturated rings. The summed E-state index contributed by atoms with van der Waals surface area (Å²) in [5.41, 5.74) is 5.03. The van der Waals surface area contributed by atoms with Crippen LogP contribution >= 0.6 is 0 Å². The average molecular weight is 448 g/mol. The lowest BCUT2D eigenvalue weighted by molar-refractivity contribution is -0.123. The predicted molar refractivity (Wildman–Crippen MR) is 124 cm³/mol. The van der Waals surface area contributed by atoms with E-state index >= 15 is 0 Å². The number of amides is 1. The second-order valence-corrected chi connectivity index (χ2v) is 7.72. The van der Waals surface area contributed by atoms with Gasteiger partial charge in [0.1, 0.15) is 17.3 Å². The first-order chi connectivity index (χ1) is 15.8. The molecule has 0 atom stereocenters. The van der Waals surface area contributed by atoms with Gasteiger partial charge in [-0.25, -0.2) is 14.6 Å². The van der Waals surface area contributed by atoms with Gasteiger partial charge < -0.3 is 9.47 Å². The number of hydrogen-bond donors (Lipinski definition) is 1. The van der Waals surface area contributed by atoms with Gasteiger partial charge in [0.05, 0.1) is 11.8 Å². The third kappa shape index (κ3) is 6.74. The van der Waals surface area contributed by atoms with Crippen molar-refractivity contribution in [2.45, 2.75) is 26.7 Å². The highest BCUT2D eigenvalue weighted by atomic mass is 19.1. The van der Waals surface area contributed by atoms with Crippen LogP contribution in [0.3, 0.4) is 0 Å². The Labute approximate surface area is 192 Å². The van der Waals surface area contributed by atoms with Crippen molar-refractivity contribution in [3.63, 3.8) is 0 Å². The fraction of sp³-hybridized carbons (Fsp3) is 0.192. The van der Waals surface area contributed by atoms with E-state index in [1.807, 2.05) is 25.1 Å². The van der Waals surface area contributed by atoms with Crippen LogP contribution in [0.4, 0.5) is 4.39 Å². The van der Waals surface area contributed by atoms with Gasteiger partial charge in [-0.2, -0.15) is 5.10 Å². The Morgan fingerprint density at radius 3 is 2.48 bits per heavy atom. The van der Waals surface area contributed by atoms with Gasteiger partial charge in [0, 0.05) is 0 Å². The van der Waals surface area contributed by atoms with Gasteiger partial charge in [0.25, 0.3) is 5.91 Å². The number of aryl methyl sites for hydroxylation is 1. The summed E-state index contributed by atoms with van der Waals surface area (Å²) in [6.45, 7) is 5.93. The Kier molecular flexibility index (Phi) is 7.91. The first-order valence-corrected chi connectivity index (χ1v) is 10.5. The van der Waals surface area contributed by atoms with Gasteiger partial charge in [-0.3, -0.25) is 4.79 Å². The van der Waals surface area contributed by atoms with Crippen molar-refractivity contribution in [2.75, 3.05) is 6.61 Å². The first-order valence-electron chi connectivity index (χ1n) is 10.5. The molecule has 0 aromatic heterocycles. The van der Waals surface area contributed by atoms with Crippen molar-refractivity contribution in [3.8, 4) is 11.5 Å². The lowest BCUT2D eigenvalue weighted by Gasteiger charge is -2.14. The zero-order valence-electron chi connectivity index (χ0n) is 18.7. The summed E-state index contributed by atoms with van der Waals surface area (Å²) in [4.78, 5) is 24.1. The molecule has 3 aromatic rings. The van der Waals surface area contributed by atoms with E-state index in [4.69, 9.17) is 9.47 Å². The molecule has 33 heavy (non-hydrogen) atoms. The standard InChI is InChI=1S/C26H25FN2O4/c1-17(2)21-13-8-18(3)14-24(21)32-16-25(30)29-28-15-19-9-11-20(12-10-19)33-26(31)22-6-4-5-7-23(22)27/h4-15,17H,16H2,1-3H3,(H,29,30). The number of nitrogens with zero attached hydrogens (tertiary/aromatic N) is 1. The minimum atomic E-state index is -0.781. The van der Waals surface area contributed by atoms with Crippen LogP contribution in [0.15, 0.2) is 71.8 Å². The zero-order valence-corrected chi connectivity index (χ0v) is 18.7. The van der Waals surface area contributed by atoms with Gasteiger partial charge >= 0.3 is 5.97 Å². The summed E-state index contributed by atoms with van der Waals surface area (Å²) in [7, 11) is 0. The van der Waals surface area contributed by atoms with Crippen LogP contribution in [0.25, 0.3) is 0 Å². The van der Waals surface area contributed by atoms with Crippen molar-refractivity contribution >= 4 is 18.1 Å². The molecular weight excluding hydrogens is 423 g/mol. The summed E-state index contributed by atoms with van der Waals surface area (Å²) in [6, 6.07) is 17.9. The number of hydrazone groups is 1. The molecule has 0 heterocycles. The third-order valence-corrected chi connectivity index (χ3v) is 4.74. The van der Waals surface area contributed by atoms with Crippen molar-refractivity contribution < 1.29 is 23.5 Å². The molecule has 0 spiro atoms. The van der Waals surface area contributed by atoms with E-state index in [9.17, 15) is 14.0 Å². The van der Waals surface area contributed by atoms with Crippen molar-refractivity contribution in [1.82, 2.24) is 5.43 Å². The number of esters is 1. The van der Waals surface area contributed by atoms with Gasteiger partial charge in [0.2, 0.25) is 0 Å². The smallest absolute Gasteiger partial charge is 0.346 e. The van der Waals surface area contributed by atoms with Crippen LogP contribution in [0.2, 0.25) is 0 Å². The zero-order chi connectivity index (χ0) is 23.8. The van der Waals surface area contributed by atoms with Gasteiger partial charge in [0.15, 0.2) is 6.61 Å². The molecule has 0 bridgehead atoms. The summed E-state index contributed by atoms with van der Waals surface area (Å²) >= 11 is 0. The molecule has 3 rings (SSSR count). The topological polar surface area (TPSA) is 77.0 Å². The van der Waals surface area contributed by atoms with Gasteiger partial charge in [-0.1, -0.05) is 38.1 Å². The van der Waals surface area contributed by atoms with Crippen LogP contribution in [0.1, 0.15) is 46.8 Å². The highest BCUT2D eigenvalue weighted by Crippen LogP contribution is 2.27. The van der Waals surface area contributed by atoms with Crippen LogP contribution in [-0.4, -0.2) is 24.7 Å². The summed E-state index contributed by atoms with van der Waals surface area (Å²) in [5, 5.41) is 3.92. The van der Waals surface area contributed by atoms with Crippen LogP contribution in [-0.2, 0) is 4.79 Å². The fourth-order valence-electron chi connectivity index (χ4n) is 3.01. The predicted octanol–water partition coefficient (Wildman–Crippen LogP) is 5.01. The molecule has 6 nitrogen and oxygen atoms in total. The molecule has 0 aliphatic carbocycles. The van der Waals surface area contributed by atoms with E-state index in [0.717, 1.165) is 11.1 Å². The SMILES string of the molecule is Cc1ccc(C(C)C)c(OCC(=O)NN=Cc2ccc(OC(=O)c3ccccc3F)cc2)c1. The highest BCUT2D eigenvalue weighted by molar-refractivity contribution is 5.91. The number of carbonyl (C=O) groups excluding carboxylic acids is 2. The molecule has 0 saturated carbocycles. The molecule has 1 amide bonds. The molecule has 1 N–H and O–H groups in total. The number of carbonyl (C=O) groups is 2. The first kappa shape index (κ1) is 23.7. The molecule has 0 aliphatic rings. The Morgan fingerprint density at radius 1 is 1.06 bits per heavy atom. The molecule has 0 aliphatic heterocycles. The number of halogens is 1. The number of ether oxygens (including phenoxy) is 2. The lowest BCUT2D eigenvalue weighted by atomic mass is 10.0. The minimum absolute atomic E-state index is 0.140. The quantitative estimate of drug-likeness (QED) is 0.228. The third-order valence-electron chi connectivity index (χ3n) is 4.74. The normalized spacial score (nSPS) is 10.9. The maximum atomic E-state index is 13.7. The summed E-state index contributed by atoms with van der Waals surface area (Å²) in [6.07, 6.45) is 1.45. The average Bonchev–Trinajstić information content (AvgIpc) is 2.79. The van der Waals surface area contributed by atoms with Crippen LogP contribution in [0, 0.1) is 12.7 Å². The van der Waals surface area contributed by atoms with Crippen LogP contribution in [0.5, 0.6) is 11.5 Å². The van der Waals surface area contributed by atoms with E-state index in [0.29, 0.717) is 11.3 Å². The van der Waals surface area contributed by atoms with E-state index in [1.165, 1.54) is 24.4 Å². The van der Waals surface area contributed by atoms with Crippen LogP contribution < -0.4 is 14.9 Å². The minimum Gasteiger partial charge on any atom is -0.483 e. The lowest BCUT2D eigenvalue weighted by Crippen LogP contribution is -2.25. The molecule has 0 saturated heterocycles. The largest absolute Gasteiger partial charge is 0.483 e. The van der Waals surface area contributed by atoms with Crippen molar-refractivity contribution in [1.29, 1.82) is 0 Å². The highest BCUT2D eigenvalue weighted by Gasteiger charge is 2.13. The molecular formula is C26H25FN2O4. The maximum absolute atomic E-state index is 13.7. The molecule has 3 aromatic carbocycles. The molecule has 0 unspecified atom stereocenters. The fourth-order valence-corrected chi connectivity index (χ4v) is 3.01. The molecule has 7 heteroatoms. The van der Waals surface area contributed by atoms with Crippen molar-refractivity contribution in [3.05, 3.63) is 94.8 Å². The number of rotatable bonds is 8. The summed E-state index contributed by atoms with van der Waals surface area (Å²) < 4.78 is 24.5. The second-order valence-electron chi connectivity index (χ2n) is 7.72. The van der Waals surface area contributed by atoms with E-state index in [2.05, 4.69) is 24.4 Å². The Hall–Kier alpha value is -4.00. The molecule has 170 valence electrons. The number of hydrogen-bond acceptors (Lipinski definition) is 5. The van der Waals surface area contributed by atoms with Gasteiger partial charge in [-0.15, -0.1) is 0 Å². The van der Waals surface area contributed by atoms with E-state index in [-0.39, 0.29) is 23.8 Å². The maximum Gasteiger partial charge on any atom is 0.346 e. The monoisotopic (exact) mass is 448 g/mol. The van der Waals surface area contributed by atoms with Gasteiger partial charge in [-0.05, 0) is 72.0 Å². The van der Waals surface area contributed by atoms with Crippen molar-refractivity contribution in [2.24, 2.45) is 5.10 Å². The number of benzene rings is 3. The molecule has 0 radical (unpaired) electrons. The Morgan fingerprint density at radius 2 is 1.79 bits per heavy atom. The Bertz CT molecular complexity index is 1160. The summed E-state index contributed by atoms with van der Waals surface area (Å²) in [5.74, 6) is -0.597. The van der Waals surface area contributed by atoms with E-state index < -0.39 is 17.7 Å².